The molecule has 8 heavy (non-hydrogen) atoms. The first-order chi connectivity index (χ1) is 3.71. The lowest BCUT2D eigenvalue weighted by Gasteiger charge is -2.28. The summed E-state index contributed by atoms with van der Waals surface area (Å²) >= 11 is 0. The topological polar surface area (TPSA) is 76.5 Å². The van der Waals surface area contributed by atoms with Crippen LogP contribution in [0.15, 0.2) is 0 Å². The predicted molar refractivity (Wildman–Crippen MR) is 26.3 cm³/mol. The lowest BCUT2D eigenvalue weighted by atomic mass is 10.7. The van der Waals surface area contributed by atoms with Gasteiger partial charge >= 0.3 is 0 Å². The number of rotatable bonds is 0. The Hall–Kier alpha value is -0.200. The van der Waals surface area contributed by atoms with Crippen LogP contribution in [0.1, 0.15) is 0 Å². The van der Waals surface area contributed by atoms with Crippen molar-refractivity contribution in [3.8, 4) is 0 Å². The van der Waals surface area contributed by atoms with Gasteiger partial charge in [0.25, 0.3) is 6.03 Å². The summed E-state index contributed by atoms with van der Waals surface area (Å²) in [4.78, 5) is 0. The second-order valence-corrected chi connectivity index (χ2v) is 1.63. The van der Waals surface area contributed by atoms with E-state index in [1.807, 2.05) is 0 Å². The molecule has 0 aromatic rings. The van der Waals surface area contributed by atoms with Gasteiger partial charge in [-0.15, -0.1) is 0 Å². The number of hydrogen-bond donors (Lipinski definition) is 5. The molecule has 0 bridgehead atoms. The maximum atomic E-state index is 8.67. The molecule has 48 valence electrons. The third kappa shape index (κ3) is 1.39. The summed E-state index contributed by atoms with van der Waals surface area (Å²) in [6, 6.07) is -1.88. The zero-order valence-electron chi connectivity index (χ0n) is 4.31. The summed E-state index contributed by atoms with van der Waals surface area (Å²) in [6.45, 7) is 0.806. The molecule has 0 saturated carbocycles. The SMILES string of the molecule is OC1(O)NCNCN1. The molecule has 1 saturated heterocycles. The van der Waals surface area contributed by atoms with Crippen molar-refractivity contribution in [3.63, 3.8) is 0 Å². The summed E-state index contributed by atoms with van der Waals surface area (Å²) < 4.78 is 0. The van der Waals surface area contributed by atoms with E-state index in [-0.39, 0.29) is 0 Å². The molecule has 1 aliphatic rings. The highest BCUT2D eigenvalue weighted by Gasteiger charge is 2.23. The summed E-state index contributed by atoms with van der Waals surface area (Å²) in [5.41, 5.74) is 0. The van der Waals surface area contributed by atoms with Crippen LogP contribution >= 0.6 is 0 Å². The minimum Gasteiger partial charge on any atom is -0.341 e. The van der Waals surface area contributed by atoms with Gasteiger partial charge in [-0.05, 0) is 0 Å². The highest BCUT2D eigenvalue weighted by atomic mass is 16.5. The standard InChI is InChI=1S/C3H9N3O2/c7-3(8)5-1-4-2-6-3/h4-8H,1-2H2. The van der Waals surface area contributed by atoms with E-state index in [1.165, 1.54) is 0 Å². The first kappa shape index (κ1) is 5.93. The average Bonchev–Trinajstić information content (AvgIpc) is 1.65. The van der Waals surface area contributed by atoms with Gasteiger partial charge in [-0.3, -0.25) is 5.32 Å². The number of hydrogen-bond acceptors (Lipinski definition) is 5. The van der Waals surface area contributed by atoms with Crippen molar-refractivity contribution in [2.45, 2.75) is 6.03 Å². The molecule has 0 aromatic carbocycles. The Balaban J connectivity index is 2.33. The van der Waals surface area contributed by atoms with Gasteiger partial charge < -0.3 is 10.2 Å². The Morgan fingerprint density at radius 2 is 1.62 bits per heavy atom. The molecule has 1 fully saturated rings. The van der Waals surface area contributed by atoms with E-state index in [9.17, 15) is 0 Å². The highest BCUT2D eigenvalue weighted by molar-refractivity contribution is 4.62. The van der Waals surface area contributed by atoms with Crippen molar-refractivity contribution in [1.29, 1.82) is 0 Å². The van der Waals surface area contributed by atoms with Crippen LogP contribution in [-0.2, 0) is 0 Å². The summed E-state index contributed by atoms with van der Waals surface area (Å²) in [7, 11) is 0. The van der Waals surface area contributed by atoms with Crippen molar-refractivity contribution >= 4 is 0 Å². The minimum atomic E-state index is -1.88. The van der Waals surface area contributed by atoms with Gasteiger partial charge in [0.05, 0.1) is 13.3 Å². The molecule has 5 nitrogen and oxygen atoms in total. The molecule has 0 spiro atoms. The van der Waals surface area contributed by atoms with E-state index >= 15 is 0 Å². The highest BCUT2D eigenvalue weighted by Crippen LogP contribution is 1.86. The van der Waals surface area contributed by atoms with Gasteiger partial charge in [0, 0.05) is 0 Å². The fraction of sp³-hybridized carbons (Fsp3) is 1.00. The van der Waals surface area contributed by atoms with E-state index < -0.39 is 6.03 Å². The summed E-state index contributed by atoms with van der Waals surface area (Å²) in [5.74, 6) is 0. The van der Waals surface area contributed by atoms with Gasteiger partial charge in [0.2, 0.25) is 0 Å². The van der Waals surface area contributed by atoms with E-state index in [4.69, 9.17) is 10.2 Å². The third-order valence-electron chi connectivity index (χ3n) is 0.920. The number of aliphatic hydroxyl groups is 2. The first-order valence-corrected chi connectivity index (χ1v) is 2.36. The van der Waals surface area contributed by atoms with E-state index in [0.717, 1.165) is 0 Å². The Morgan fingerprint density at radius 3 is 1.88 bits per heavy atom. The van der Waals surface area contributed by atoms with E-state index in [2.05, 4.69) is 16.0 Å². The van der Waals surface area contributed by atoms with Gasteiger partial charge in [-0.25, -0.2) is 10.6 Å². The van der Waals surface area contributed by atoms with Crippen molar-refractivity contribution in [2.75, 3.05) is 13.3 Å². The maximum Gasteiger partial charge on any atom is 0.288 e. The Bertz CT molecular complexity index is 76.6. The van der Waals surface area contributed by atoms with Crippen molar-refractivity contribution < 1.29 is 10.2 Å². The zero-order valence-corrected chi connectivity index (χ0v) is 4.31. The van der Waals surface area contributed by atoms with Gasteiger partial charge in [-0.2, -0.15) is 0 Å². The molecule has 5 N–H and O–H groups in total. The van der Waals surface area contributed by atoms with Crippen LogP contribution in [0.3, 0.4) is 0 Å². The molecule has 1 aliphatic heterocycles. The Labute approximate surface area is 46.7 Å². The smallest absolute Gasteiger partial charge is 0.288 e. The zero-order chi connectivity index (χ0) is 6.04. The molecule has 0 aromatic heterocycles. The lowest BCUT2D eigenvalue weighted by Crippen LogP contribution is -2.65. The monoisotopic (exact) mass is 119 g/mol. The second kappa shape index (κ2) is 1.96. The van der Waals surface area contributed by atoms with Crippen LogP contribution < -0.4 is 16.0 Å². The largest absolute Gasteiger partial charge is 0.341 e. The third-order valence-corrected chi connectivity index (χ3v) is 0.920. The summed E-state index contributed by atoms with van der Waals surface area (Å²) in [6.07, 6.45) is 0. The van der Waals surface area contributed by atoms with Gasteiger partial charge in [0.1, 0.15) is 0 Å². The predicted octanol–water partition coefficient (Wildman–Crippen LogP) is -2.72. The van der Waals surface area contributed by atoms with Crippen molar-refractivity contribution in [3.05, 3.63) is 0 Å². The molecule has 0 atom stereocenters. The molecular formula is C3H9N3O2. The second-order valence-electron chi connectivity index (χ2n) is 1.63. The fourth-order valence-electron chi connectivity index (χ4n) is 0.497. The van der Waals surface area contributed by atoms with Crippen LogP contribution in [0, 0.1) is 0 Å². The maximum absolute atomic E-state index is 8.67. The molecule has 0 amide bonds. The van der Waals surface area contributed by atoms with E-state index in [0.29, 0.717) is 13.3 Å². The quantitative estimate of drug-likeness (QED) is 0.224. The van der Waals surface area contributed by atoms with Crippen LogP contribution in [0.4, 0.5) is 0 Å². The van der Waals surface area contributed by atoms with Gasteiger partial charge in [-0.1, -0.05) is 0 Å². The lowest BCUT2D eigenvalue weighted by molar-refractivity contribution is -0.219. The average molecular weight is 119 g/mol. The first-order valence-electron chi connectivity index (χ1n) is 2.36. The molecule has 0 unspecified atom stereocenters. The Morgan fingerprint density at radius 1 is 1.12 bits per heavy atom. The minimum absolute atomic E-state index is 0.403. The van der Waals surface area contributed by atoms with Gasteiger partial charge in [0.15, 0.2) is 0 Å². The fourth-order valence-corrected chi connectivity index (χ4v) is 0.497. The Kier molecular flexibility index (Phi) is 1.45. The van der Waals surface area contributed by atoms with Crippen LogP contribution in [0.2, 0.25) is 0 Å². The molecule has 5 heteroatoms. The van der Waals surface area contributed by atoms with Crippen LogP contribution in [-0.4, -0.2) is 29.6 Å². The van der Waals surface area contributed by atoms with Crippen LogP contribution in [0.5, 0.6) is 0 Å². The normalized spacial score (nSPS) is 27.8. The summed E-state index contributed by atoms with van der Waals surface area (Å²) in [5, 5.41) is 24.8. The molecular weight excluding hydrogens is 110 g/mol. The molecule has 0 aliphatic carbocycles. The molecule has 0 radical (unpaired) electrons. The van der Waals surface area contributed by atoms with E-state index in [1.54, 1.807) is 0 Å². The van der Waals surface area contributed by atoms with Crippen LogP contribution in [0.25, 0.3) is 0 Å². The molecule has 1 rings (SSSR count). The van der Waals surface area contributed by atoms with Crippen molar-refractivity contribution in [2.24, 2.45) is 0 Å². The molecule has 1 heterocycles. The van der Waals surface area contributed by atoms with Crippen molar-refractivity contribution in [1.82, 2.24) is 16.0 Å². The number of nitrogens with one attached hydrogen (secondary N) is 3.